The Labute approximate surface area is 237 Å². The highest BCUT2D eigenvalue weighted by atomic mass is 35.5. The van der Waals surface area contributed by atoms with Gasteiger partial charge in [0.05, 0.1) is 23.4 Å². The molecule has 40 heavy (non-hydrogen) atoms. The fourth-order valence-electron chi connectivity index (χ4n) is 4.02. The number of aromatic nitrogens is 1. The number of pyridine rings is 1. The first-order valence-electron chi connectivity index (χ1n) is 12.4. The normalized spacial score (nSPS) is 15.1. The van der Waals surface area contributed by atoms with E-state index in [0.717, 1.165) is 18.2 Å². The predicted molar refractivity (Wildman–Crippen MR) is 152 cm³/mol. The van der Waals surface area contributed by atoms with Crippen molar-refractivity contribution in [3.63, 3.8) is 0 Å². The average molecular weight is 592 g/mol. The van der Waals surface area contributed by atoms with Crippen molar-refractivity contribution in [1.82, 2.24) is 15.6 Å². The fraction of sp³-hybridized carbons (Fsp3) is 0.333. The molecule has 0 fully saturated rings. The number of carbonyl (C=O) groups excluding carboxylic acids is 2. The standard InChI is InChI=1S/C27H31ClFN5O5S/c1-16(2)33-25(35)6-5-11-31-26(36)20-12-17(7-9-22(20)30-3)18-13-23(27(39-4)32-15-18)34-40(37,38)24-10-8-19(29)14-21(24)28/h8-10,12-17,34H,3,5-7,11H2,1-2,4H3,(H,31,36)(H,33,35). The maximum atomic E-state index is 13.4. The number of anilines is 1. The SMILES string of the molecule is C=NC1=CCC(c2cnc(OC)c(NS(=O)(=O)c3ccc(F)cc3Cl)c2)C=C1C(=O)NCCCC(=O)NC(C)C. The first-order valence-corrected chi connectivity index (χ1v) is 14.3. The topological polar surface area (TPSA) is 139 Å². The number of hydrogen-bond acceptors (Lipinski definition) is 7. The van der Waals surface area contributed by atoms with Gasteiger partial charge in [-0.15, -0.1) is 0 Å². The van der Waals surface area contributed by atoms with Crippen molar-refractivity contribution in [2.24, 2.45) is 4.99 Å². The maximum absolute atomic E-state index is 13.4. The van der Waals surface area contributed by atoms with Gasteiger partial charge in [0.1, 0.15) is 16.4 Å². The van der Waals surface area contributed by atoms with Crippen molar-refractivity contribution in [3.05, 3.63) is 70.3 Å². The van der Waals surface area contributed by atoms with Gasteiger partial charge in [-0.3, -0.25) is 19.3 Å². The highest BCUT2D eigenvalue weighted by Gasteiger charge is 2.25. The molecule has 0 bridgehead atoms. The first-order chi connectivity index (χ1) is 18.9. The van der Waals surface area contributed by atoms with E-state index < -0.39 is 15.8 Å². The summed E-state index contributed by atoms with van der Waals surface area (Å²) in [6, 6.07) is 4.54. The minimum atomic E-state index is -4.22. The van der Waals surface area contributed by atoms with Crippen LogP contribution in [0.25, 0.3) is 0 Å². The molecule has 0 saturated carbocycles. The number of nitrogens with zero attached hydrogens (tertiary/aromatic N) is 2. The van der Waals surface area contributed by atoms with E-state index in [-0.39, 0.29) is 51.7 Å². The monoisotopic (exact) mass is 591 g/mol. The van der Waals surface area contributed by atoms with Gasteiger partial charge in [-0.2, -0.15) is 0 Å². The van der Waals surface area contributed by atoms with Crippen LogP contribution >= 0.6 is 11.6 Å². The molecule has 2 amide bonds. The molecule has 0 saturated heterocycles. The van der Waals surface area contributed by atoms with Crippen LogP contribution in [0.1, 0.15) is 44.6 Å². The molecule has 1 unspecified atom stereocenters. The molecule has 0 radical (unpaired) electrons. The lowest BCUT2D eigenvalue weighted by Crippen LogP contribution is -2.32. The molecule has 13 heteroatoms. The Morgan fingerprint density at radius 1 is 1.30 bits per heavy atom. The molecule has 3 rings (SSSR count). The summed E-state index contributed by atoms with van der Waals surface area (Å²) in [5.41, 5.74) is 1.35. The van der Waals surface area contributed by atoms with E-state index in [1.165, 1.54) is 13.3 Å². The Morgan fingerprint density at radius 2 is 2.05 bits per heavy atom. The van der Waals surface area contributed by atoms with E-state index >= 15 is 0 Å². The zero-order valence-corrected chi connectivity index (χ0v) is 23.9. The summed E-state index contributed by atoms with van der Waals surface area (Å²) in [5.74, 6) is -1.48. The number of rotatable bonds is 12. The van der Waals surface area contributed by atoms with Crippen LogP contribution in [0.5, 0.6) is 5.88 Å². The van der Waals surface area contributed by atoms with Crippen LogP contribution < -0.4 is 20.1 Å². The van der Waals surface area contributed by atoms with Crippen LogP contribution in [0.4, 0.5) is 10.1 Å². The molecule has 1 aliphatic rings. The van der Waals surface area contributed by atoms with E-state index in [4.69, 9.17) is 16.3 Å². The number of methoxy groups -OCH3 is 1. The number of aliphatic imine (C=N–C) groups is 1. The van der Waals surface area contributed by atoms with Crippen LogP contribution in [0.2, 0.25) is 5.02 Å². The molecule has 1 aliphatic carbocycles. The minimum absolute atomic E-state index is 0.00816. The Hall–Kier alpha value is -3.77. The van der Waals surface area contributed by atoms with Crippen molar-refractivity contribution in [1.29, 1.82) is 0 Å². The fourth-order valence-corrected chi connectivity index (χ4v) is 5.60. The molecule has 1 heterocycles. The van der Waals surface area contributed by atoms with E-state index in [9.17, 15) is 22.4 Å². The molecule has 1 atom stereocenters. The number of halogens is 2. The second kappa shape index (κ2) is 13.5. The Kier molecular flexibility index (Phi) is 10.4. The lowest BCUT2D eigenvalue weighted by Gasteiger charge is -2.21. The molecule has 10 nitrogen and oxygen atoms in total. The number of allylic oxidation sites excluding steroid dienone is 2. The van der Waals surface area contributed by atoms with Gasteiger partial charge in [-0.05, 0) is 63.2 Å². The van der Waals surface area contributed by atoms with Crippen LogP contribution in [0, 0.1) is 5.82 Å². The first kappa shape index (κ1) is 30.8. The zero-order chi connectivity index (χ0) is 29.4. The van der Waals surface area contributed by atoms with Crippen molar-refractivity contribution in [2.45, 2.75) is 50.0 Å². The van der Waals surface area contributed by atoms with Gasteiger partial charge in [0.15, 0.2) is 0 Å². The van der Waals surface area contributed by atoms with Gasteiger partial charge in [-0.1, -0.05) is 23.8 Å². The van der Waals surface area contributed by atoms with E-state index in [2.05, 4.69) is 32.0 Å². The number of sulfonamides is 1. The highest BCUT2D eigenvalue weighted by Crippen LogP contribution is 2.35. The summed E-state index contributed by atoms with van der Waals surface area (Å²) in [4.78, 5) is 32.7. The van der Waals surface area contributed by atoms with Crippen molar-refractivity contribution in [2.75, 3.05) is 18.4 Å². The molecule has 0 spiro atoms. The van der Waals surface area contributed by atoms with Gasteiger partial charge in [-0.25, -0.2) is 17.8 Å². The van der Waals surface area contributed by atoms with Crippen molar-refractivity contribution < 1.29 is 27.1 Å². The summed E-state index contributed by atoms with van der Waals surface area (Å²) < 4.78 is 47.1. The number of benzene rings is 1. The summed E-state index contributed by atoms with van der Waals surface area (Å²) in [6.07, 6.45) is 6.18. The molecule has 2 aromatic rings. The molecular weight excluding hydrogens is 561 g/mol. The molecule has 214 valence electrons. The molecule has 1 aromatic heterocycles. The van der Waals surface area contributed by atoms with E-state index in [0.29, 0.717) is 36.2 Å². The van der Waals surface area contributed by atoms with Crippen LogP contribution in [-0.4, -0.2) is 51.6 Å². The summed E-state index contributed by atoms with van der Waals surface area (Å²) in [7, 11) is -2.88. The van der Waals surface area contributed by atoms with Crippen LogP contribution in [0.15, 0.2) is 63.8 Å². The van der Waals surface area contributed by atoms with Crippen molar-refractivity contribution in [3.8, 4) is 5.88 Å². The van der Waals surface area contributed by atoms with Gasteiger partial charge in [0, 0.05) is 31.1 Å². The lowest BCUT2D eigenvalue weighted by atomic mass is 9.88. The van der Waals surface area contributed by atoms with Crippen molar-refractivity contribution >= 4 is 45.8 Å². The van der Waals surface area contributed by atoms with Gasteiger partial charge in [0.25, 0.3) is 15.9 Å². The van der Waals surface area contributed by atoms with Gasteiger partial charge < -0.3 is 15.4 Å². The Morgan fingerprint density at radius 3 is 2.70 bits per heavy atom. The Bertz CT molecular complexity index is 1460. The van der Waals surface area contributed by atoms with Crippen LogP contribution in [-0.2, 0) is 19.6 Å². The molecular formula is C27H31ClFN5O5S. The number of ether oxygens (including phenoxy) is 1. The average Bonchev–Trinajstić information content (AvgIpc) is 2.89. The third-order valence-corrected chi connectivity index (χ3v) is 7.71. The van der Waals surface area contributed by atoms with Gasteiger partial charge >= 0.3 is 0 Å². The van der Waals surface area contributed by atoms with Gasteiger partial charge in [0.2, 0.25) is 11.8 Å². The summed E-state index contributed by atoms with van der Waals surface area (Å²) in [6.45, 7) is 7.59. The number of nitrogens with one attached hydrogen (secondary N) is 3. The third-order valence-electron chi connectivity index (χ3n) is 5.86. The zero-order valence-electron chi connectivity index (χ0n) is 22.3. The second-order valence-electron chi connectivity index (χ2n) is 9.26. The Balaban J connectivity index is 1.80. The highest BCUT2D eigenvalue weighted by molar-refractivity contribution is 7.92. The van der Waals surface area contributed by atoms with Crippen LogP contribution in [0.3, 0.4) is 0 Å². The van der Waals surface area contributed by atoms with E-state index in [1.807, 2.05) is 13.8 Å². The third kappa shape index (κ3) is 7.89. The molecule has 3 N–H and O–H groups in total. The predicted octanol–water partition coefficient (Wildman–Crippen LogP) is 4.10. The smallest absolute Gasteiger partial charge is 0.263 e. The number of amides is 2. The minimum Gasteiger partial charge on any atom is -0.480 e. The second-order valence-corrected chi connectivity index (χ2v) is 11.3. The summed E-state index contributed by atoms with van der Waals surface area (Å²) >= 11 is 5.97. The largest absolute Gasteiger partial charge is 0.480 e. The maximum Gasteiger partial charge on any atom is 0.263 e. The molecule has 0 aliphatic heterocycles. The summed E-state index contributed by atoms with van der Waals surface area (Å²) in [5, 5.41) is 5.32. The van der Waals surface area contributed by atoms with E-state index in [1.54, 1.807) is 18.2 Å². The lowest BCUT2D eigenvalue weighted by molar-refractivity contribution is -0.122. The molecule has 1 aromatic carbocycles. The quantitative estimate of drug-likeness (QED) is 0.251. The number of carbonyl (C=O) groups is 2. The number of hydrogen-bond donors (Lipinski definition) is 3.